The van der Waals surface area contributed by atoms with Crippen molar-refractivity contribution in [1.29, 1.82) is 0 Å². The third kappa shape index (κ3) is 5.97. The van der Waals surface area contributed by atoms with Crippen molar-refractivity contribution in [2.45, 2.75) is 13.0 Å². The highest BCUT2D eigenvalue weighted by molar-refractivity contribution is 6.31. The quantitative estimate of drug-likeness (QED) is 0.721. The molecule has 2 N–H and O–H groups in total. The number of rotatable bonds is 8. The van der Waals surface area contributed by atoms with E-state index in [0.29, 0.717) is 11.6 Å². The summed E-state index contributed by atoms with van der Waals surface area (Å²) in [6.07, 6.45) is 1.56. The Balaban J connectivity index is 2.61. The first-order chi connectivity index (χ1) is 9.93. The molecule has 0 bridgehead atoms. The van der Waals surface area contributed by atoms with Gasteiger partial charge in [-0.15, -0.1) is 6.58 Å². The smallest absolute Gasteiger partial charge is 0.317 e. The molecule has 0 radical (unpaired) electrons. The third-order valence-electron chi connectivity index (χ3n) is 2.86. The Hall–Kier alpha value is -1.85. The summed E-state index contributed by atoms with van der Waals surface area (Å²) < 4.78 is 0. The van der Waals surface area contributed by atoms with Gasteiger partial charge in [0.05, 0.1) is 19.1 Å². The Morgan fingerprint density at radius 1 is 1.43 bits per heavy atom. The molecule has 0 aliphatic rings. The molecule has 5 nitrogen and oxygen atoms in total. The number of hydrogen-bond acceptors (Lipinski definition) is 3. The lowest BCUT2D eigenvalue weighted by Gasteiger charge is -2.20. The molecule has 21 heavy (non-hydrogen) atoms. The van der Waals surface area contributed by atoms with Crippen LogP contribution >= 0.6 is 11.6 Å². The van der Waals surface area contributed by atoms with E-state index in [0.717, 1.165) is 5.56 Å². The number of carbonyl (C=O) groups is 2. The number of nitrogens with zero attached hydrogens (tertiary/aromatic N) is 1. The number of carboxylic acid groups (broad SMARTS) is 1. The fourth-order valence-corrected chi connectivity index (χ4v) is 2.25. The van der Waals surface area contributed by atoms with E-state index in [2.05, 4.69) is 11.9 Å². The molecule has 114 valence electrons. The van der Waals surface area contributed by atoms with Gasteiger partial charge in [-0.05, 0) is 18.6 Å². The lowest BCUT2D eigenvalue weighted by molar-refractivity contribution is -0.138. The van der Waals surface area contributed by atoms with Crippen molar-refractivity contribution >= 4 is 23.5 Å². The van der Waals surface area contributed by atoms with Crippen LogP contribution < -0.4 is 5.32 Å². The van der Waals surface area contributed by atoms with Gasteiger partial charge in [0, 0.05) is 11.6 Å². The molecule has 0 spiro atoms. The molecule has 1 amide bonds. The fraction of sp³-hybridized carbons (Fsp3) is 0.333. The maximum atomic E-state index is 12.0. The lowest BCUT2D eigenvalue weighted by Crippen LogP contribution is -2.40. The van der Waals surface area contributed by atoms with Gasteiger partial charge in [0.15, 0.2) is 0 Å². The molecule has 0 aromatic heterocycles. The second-order valence-electron chi connectivity index (χ2n) is 4.66. The van der Waals surface area contributed by atoms with Crippen LogP contribution in [0.15, 0.2) is 36.9 Å². The number of carboxylic acids is 1. The first-order valence-electron chi connectivity index (χ1n) is 6.53. The minimum atomic E-state index is -0.983. The van der Waals surface area contributed by atoms with E-state index in [9.17, 15) is 9.59 Å². The number of halogens is 1. The van der Waals surface area contributed by atoms with Crippen molar-refractivity contribution < 1.29 is 14.7 Å². The predicted octanol–water partition coefficient (Wildman–Crippen LogP) is 2.09. The van der Waals surface area contributed by atoms with Crippen LogP contribution in [0.25, 0.3) is 0 Å². The first kappa shape index (κ1) is 17.2. The van der Waals surface area contributed by atoms with Crippen LogP contribution in [0.2, 0.25) is 5.02 Å². The molecule has 1 atom stereocenters. The normalized spacial score (nSPS) is 12.0. The fourth-order valence-electron chi connectivity index (χ4n) is 1.95. The van der Waals surface area contributed by atoms with Crippen molar-refractivity contribution in [3.63, 3.8) is 0 Å². The van der Waals surface area contributed by atoms with Gasteiger partial charge in [0.1, 0.15) is 0 Å². The highest BCUT2D eigenvalue weighted by atomic mass is 35.5. The van der Waals surface area contributed by atoms with E-state index >= 15 is 0 Å². The Morgan fingerprint density at radius 3 is 2.67 bits per heavy atom. The van der Waals surface area contributed by atoms with E-state index in [1.165, 1.54) is 4.90 Å². The van der Waals surface area contributed by atoms with E-state index in [1.54, 1.807) is 12.1 Å². The highest BCUT2D eigenvalue weighted by Crippen LogP contribution is 2.21. The number of benzene rings is 1. The van der Waals surface area contributed by atoms with E-state index in [1.807, 2.05) is 25.1 Å². The molecular weight excluding hydrogens is 292 g/mol. The molecule has 0 aliphatic carbocycles. The zero-order chi connectivity index (χ0) is 15.8. The molecule has 0 saturated carbocycles. The second kappa shape index (κ2) is 8.44. The topological polar surface area (TPSA) is 69.6 Å². The molecule has 0 saturated heterocycles. The van der Waals surface area contributed by atoms with Crippen LogP contribution in [0, 0.1) is 0 Å². The standard InChI is InChI=1S/C15H19ClN2O3/c1-3-8-18(10-15(20)21)9-14(19)17-11(2)12-6-4-5-7-13(12)16/h3-7,11H,1,8-10H2,2H3,(H,17,19)(H,20,21). The average molecular weight is 311 g/mol. The van der Waals surface area contributed by atoms with Gasteiger partial charge in [-0.3, -0.25) is 14.5 Å². The van der Waals surface area contributed by atoms with Crippen LogP contribution in [-0.2, 0) is 9.59 Å². The van der Waals surface area contributed by atoms with Crippen LogP contribution in [0.1, 0.15) is 18.5 Å². The van der Waals surface area contributed by atoms with E-state index in [-0.39, 0.29) is 25.0 Å². The zero-order valence-corrected chi connectivity index (χ0v) is 12.6. The predicted molar refractivity (Wildman–Crippen MR) is 82.3 cm³/mol. The molecule has 0 heterocycles. The Kier molecular flexibility index (Phi) is 6.91. The lowest BCUT2D eigenvalue weighted by atomic mass is 10.1. The minimum Gasteiger partial charge on any atom is -0.480 e. The average Bonchev–Trinajstić information content (AvgIpc) is 2.38. The summed E-state index contributed by atoms with van der Waals surface area (Å²) in [5.74, 6) is -1.24. The van der Waals surface area contributed by atoms with Crippen molar-refractivity contribution in [1.82, 2.24) is 10.2 Å². The van der Waals surface area contributed by atoms with Crippen LogP contribution in [0.5, 0.6) is 0 Å². The van der Waals surface area contributed by atoms with E-state index < -0.39 is 5.97 Å². The van der Waals surface area contributed by atoms with Gasteiger partial charge in [-0.2, -0.15) is 0 Å². The van der Waals surface area contributed by atoms with Crippen LogP contribution in [-0.4, -0.2) is 41.5 Å². The molecule has 1 rings (SSSR count). The maximum Gasteiger partial charge on any atom is 0.317 e. The minimum absolute atomic E-state index is 0.00683. The molecule has 1 aromatic carbocycles. The number of hydrogen-bond donors (Lipinski definition) is 2. The molecule has 6 heteroatoms. The monoisotopic (exact) mass is 310 g/mol. The SMILES string of the molecule is C=CCN(CC(=O)O)CC(=O)NC(C)c1ccccc1Cl. The first-order valence-corrected chi connectivity index (χ1v) is 6.90. The summed E-state index contributed by atoms with van der Waals surface area (Å²) in [6.45, 7) is 5.50. The van der Waals surface area contributed by atoms with Gasteiger partial charge in [-0.25, -0.2) is 0 Å². The Bertz CT molecular complexity index is 519. The summed E-state index contributed by atoms with van der Waals surface area (Å²) in [5, 5.41) is 12.2. The van der Waals surface area contributed by atoms with Crippen LogP contribution in [0.4, 0.5) is 0 Å². The summed E-state index contributed by atoms with van der Waals surface area (Å²) in [4.78, 5) is 24.2. The molecule has 0 fully saturated rings. The second-order valence-corrected chi connectivity index (χ2v) is 5.07. The van der Waals surface area contributed by atoms with Crippen molar-refractivity contribution in [2.24, 2.45) is 0 Å². The summed E-state index contributed by atoms with van der Waals surface area (Å²) in [5.41, 5.74) is 0.820. The van der Waals surface area contributed by atoms with Gasteiger partial charge in [0.2, 0.25) is 5.91 Å². The summed E-state index contributed by atoms with van der Waals surface area (Å²) in [7, 11) is 0. The number of aliphatic carboxylic acids is 1. The molecular formula is C15H19ClN2O3. The maximum absolute atomic E-state index is 12.0. The van der Waals surface area contributed by atoms with Gasteiger partial charge < -0.3 is 10.4 Å². The van der Waals surface area contributed by atoms with E-state index in [4.69, 9.17) is 16.7 Å². The summed E-state index contributed by atoms with van der Waals surface area (Å²) >= 11 is 6.07. The highest BCUT2D eigenvalue weighted by Gasteiger charge is 2.16. The van der Waals surface area contributed by atoms with Gasteiger partial charge in [-0.1, -0.05) is 35.9 Å². The Morgan fingerprint density at radius 2 is 2.10 bits per heavy atom. The van der Waals surface area contributed by atoms with Crippen molar-refractivity contribution in [3.05, 3.63) is 47.5 Å². The summed E-state index contributed by atoms with van der Waals surface area (Å²) in [6, 6.07) is 7.01. The largest absolute Gasteiger partial charge is 0.480 e. The zero-order valence-electron chi connectivity index (χ0n) is 11.9. The molecule has 1 unspecified atom stereocenters. The van der Waals surface area contributed by atoms with Crippen molar-refractivity contribution in [3.8, 4) is 0 Å². The third-order valence-corrected chi connectivity index (χ3v) is 3.21. The molecule has 1 aromatic rings. The van der Waals surface area contributed by atoms with Crippen molar-refractivity contribution in [2.75, 3.05) is 19.6 Å². The Labute approximate surface area is 129 Å². The van der Waals surface area contributed by atoms with Gasteiger partial charge >= 0.3 is 5.97 Å². The van der Waals surface area contributed by atoms with Crippen LogP contribution in [0.3, 0.4) is 0 Å². The van der Waals surface area contributed by atoms with Gasteiger partial charge in [0.25, 0.3) is 0 Å². The number of nitrogens with one attached hydrogen (secondary N) is 1. The molecule has 0 aliphatic heterocycles. The number of amides is 1. The number of carbonyl (C=O) groups excluding carboxylic acids is 1.